The van der Waals surface area contributed by atoms with Gasteiger partial charge in [0.2, 0.25) is 5.91 Å². The number of fused-ring (bicyclic) bond motifs is 1. The van der Waals surface area contributed by atoms with E-state index in [9.17, 15) is 13.2 Å². The Kier molecular flexibility index (Phi) is 6.22. The summed E-state index contributed by atoms with van der Waals surface area (Å²) in [7, 11) is -3.29. The van der Waals surface area contributed by atoms with Crippen LogP contribution < -0.4 is 10.1 Å². The Balaban J connectivity index is 1.80. The maximum atomic E-state index is 12.7. The minimum absolute atomic E-state index is 0.0130. The summed E-state index contributed by atoms with van der Waals surface area (Å²) in [5.74, 6) is 0.662. The third-order valence-corrected chi connectivity index (χ3v) is 5.26. The molecule has 1 heterocycles. The summed E-state index contributed by atoms with van der Waals surface area (Å²) in [5.41, 5.74) is 2.32. The highest BCUT2D eigenvalue weighted by atomic mass is 32.2. The lowest BCUT2D eigenvalue weighted by molar-refractivity contribution is -0.122. The molecule has 0 aliphatic heterocycles. The lowest BCUT2D eigenvalue weighted by Gasteiger charge is -2.16. The Bertz CT molecular complexity index is 1120. The summed E-state index contributed by atoms with van der Waals surface area (Å²) in [5, 5.41) is 2.97. The fourth-order valence-electron chi connectivity index (χ4n) is 3.20. The van der Waals surface area contributed by atoms with E-state index in [1.807, 2.05) is 56.3 Å². The van der Waals surface area contributed by atoms with Crippen molar-refractivity contribution in [1.82, 2.24) is 14.9 Å². The van der Waals surface area contributed by atoms with E-state index in [0.717, 1.165) is 23.1 Å². The molecule has 1 amide bonds. The maximum Gasteiger partial charge on any atom is 0.240 e. The molecule has 0 saturated carbocycles. The first-order chi connectivity index (χ1) is 13.8. The monoisotopic (exact) mass is 415 g/mol. The van der Waals surface area contributed by atoms with Crippen molar-refractivity contribution in [1.29, 1.82) is 0 Å². The van der Waals surface area contributed by atoms with Crippen LogP contribution in [-0.4, -0.2) is 36.7 Å². The van der Waals surface area contributed by atoms with E-state index in [0.29, 0.717) is 17.9 Å². The van der Waals surface area contributed by atoms with Crippen LogP contribution in [0.25, 0.3) is 11.0 Å². The van der Waals surface area contributed by atoms with Crippen molar-refractivity contribution in [3.63, 3.8) is 0 Å². The van der Waals surface area contributed by atoms with Crippen LogP contribution >= 0.6 is 0 Å². The van der Waals surface area contributed by atoms with Gasteiger partial charge in [0, 0.05) is 6.26 Å². The van der Waals surface area contributed by atoms with Crippen molar-refractivity contribution >= 4 is 26.8 Å². The van der Waals surface area contributed by atoms with Crippen molar-refractivity contribution in [2.45, 2.75) is 32.2 Å². The van der Waals surface area contributed by atoms with Crippen molar-refractivity contribution in [2.75, 3.05) is 12.9 Å². The Hall–Kier alpha value is -2.87. The van der Waals surface area contributed by atoms with Gasteiger partial charge in [-0.15, -0.1) is 0 Å². The molecule has 0 fully saturated rings. The second-order valence-electron chi connectivity index (χ2n) is 6.97. The number of para-hydroxylation sites is 2. The third-order valence-electron chi connectivity index (χ3n) is 4.47. The van der Waals surface area contributed by atoms with E-state index in [1.54, 1.807) is 10.6 Å². The molecule has 1 aromatic heterocycles. The number of benzene rings is 2. The van der Waals surface area contributed by atoms with Gasteiger partial charge in [0.15, 0.2) is 9.84 Å². The van der Waals surface area contributed by atoms with Gasteiger partial charge >= 0.3 is 0 Å². The van der Waals surface area contributed by atoms with E-state index in [-0.39, 0.29) is 24.2 Å². The number of sulfone groups is 1. The average Bonchev–Trinajstić information content (AvgIpc) is 2.97. The molecule has 29 heavy (non-hydrogen) atoms. The second-order valence-corrected chi connectivity index (χ2v) is 9.11. The van der Waals surface area contributed by atoms with E-state index >= 15 is 0 Å². The molecule has 2 aromatic carbocycles. The highest BCUT2D eigenvalue weighted by molar-refractivity contribution is 7.89. The highest BCUT2D eigenvalue weighted by Crippen LogP contribution is 2.20. The maximum absolute atomic E-state index is 12.7. The van der Waals surface area contributed by atoms with Crippen LogP contribution in [0.5, 0.6) is 5.75 Å². The normalized spacial score (nSPS) is 12.7. The molecular weight excluding hydrogens is 390 g/mol. The largest absolute Gasteiger partial charge is 0.494 e. The molecular formula is C21H25N3O4S. The Labute approximate surface area is 170 Å². The Morgan fingerprint density at radius 3 is 2.69 bits per heavy atom. The van der Waals surface area contributed by atoms with Gasteiger partial charge in [0.1, 0.15) is 23.9 Å². The van der Waals surface area contributed by atoms with Gasteiger partial charge in [0.05, 0.1) is 23.7 Å². The van der Waals surface area contributed by atoms with Crippen LogP contribution in [-0.2, 0) is 26.9 Å². The number of amides is 1. The number of aromatic nitrogens is 2. The van der Waals surface area contributed by atoms with Crippen LogP contribution in [0.2, 0.25) is 0 Å². The first-order valence-electron chi connectivity index (χ1n) is 9.41. The molecule has 0 bridgehead atoms. The number of ether oxygens (including phenoxy) is 1. The van der Waals surface area contributed by atoms with Crippen LogP contribution in [0, 0.1) is 0 Å². The lowest BCUT2D eigenvalue weighted by atomic mass is 10.1. The van der Waals surface area contributed by atoms with E-state index < -0.39 is 9.84 Å². The zero-order valence-corrected chi connectivity index (χ0v) is 17.6. The number of imidazole rings is 1. The number of nitrogens with one attached hydrogen (secondary N) is 1. The summed E-state index contributed by atoms with van der Waals surface area (Å²) in [4.78, 5) is 17.1. The Morgan fingerprint density at radius 1 is 1.21 bits per heavy atom. The number of carbonyl (C=O) groups excluding carboxylic acids is 1. The summed E-state index contributed by atoms with van der Waals surface area (Å²) < 4.78 is 30.8. The van der Waals surface area contributed by atoms with Crippen LogP contribution in [0.1, 0.15) is 31.3 Å². The molecule has 0 saturated heterocycles. The zero-order valence-electron chi connectivity index (χ0n) is 16.8. The molecule has 0 aliphatic rings. The minimum Gasteiger partial charge on any atom is -0.494 e. The molecule has 154 valence electrons. The van der Waals surface area contributed by atoms with Crippen molar-refractivity contribution in [2.24, 2.45) is 0 Å². The second kappa shape index (κ2) is 8.65. The molecule has 1 atom stereocenters. The lowest BCUT2D eigenvalue weighted by Crippen LogP contribution is -2.30. The summed E-state index contributed by atoms with van der Waals surface area (Å²) in [6.45, 7) is 4.37. The van der Waals surface area contributed by atoms with E-state index in [2.05, 4.69) is 10.3 Å². The molecule has 8 heteroatoms. The van der Waals surface area contributed by atoms with Gasteiger partial charge in [-0.3, -0.25) is 4.79 Å². The third kappa shape index (κ3) is 5.35. The predicted octanol–water partition coefficient (Wildman–Crippen LogP) is 2.86. The molecule has 0 aliphatic carbocycles. The summed E-state index contributed by atoms with van der Waals surface area (Å²) in [6.07, 6.45) is 1.16. The molecule has 1 N–H and O–H groups in total. The van der Waals surface area contributed by atoms with Crippen molar-refractivity contribution in [3.05, 3.63) is 59.9 Å². The molecule has 7 nitrogen and oxygen atoms in total. The van der Waals surface area contributed by atoms with Crippen LogP contribution in [0.3, 0.4) is 0 Å². The standard InChI is InChI=1S/C21H25N3O4S/c1-4-28-17-9-7-8-16(12-17)15(2)22-21(25)13-24-19-11-6-5-10-18(19)23-20(24)14-29(3,26)27/h5-12,15H,4,13-14H2,1-3H3,(H,22,25)/t15-/m1/s1. The van der Waals surface area contributed by atoms with Crippen molar-refractivity contribution < 1.29 is 17.9 Å². The Morgan fingerprint density at radius 2 is 1.97 bits per heavy atom. The summed E-state index contributed by atoms with van der Waals surface area (Å²) in [6, 6.07) is 14.7. The fraction of sp³-hybridized carbons (Fsp3) is 0.333. The van der Waals surface area contributed by atoms with Gasteiger partial charge in [-0.25, -0.2) is 13.4 Å². The van der Waals surface area contributed by atoms with Crippen LogP contribution in [0.15, 0.2) is 48.5 Å². The topological polar surface area (TPSA) is 90.3 Å². The van der Waals surface area contributed by atoms with Gasteiger partial charge < -0.3 is 14.6 Å². The zero-order chi connectivity index (χ0) is 21.0. The van der Waals surface area contributed by atoms with Gasteiger partial charge in [-0.2, -0.15) is 0 Å². The molecule has 0 unspecified atom stereocenters. The summed E-state index contributed by atoms with van der Waals surface area (Å²) >= 11 is 0. The highest BCUT2D eigenvalue weighted by Gasteiger charge is 2.18. The fourth-order valence-corrected chi connectivity index (χ4v) is 3.89. The number of nitrogens with zero attached hydrogens (tertiary/aromatic N) is 2. The van der Waals surface area contributed by atoms with Crippen molar-refractivity contribution in [3.8, 4) is 5.75 Å². The van der Waals surface area contributed by atoms with Gasteiger partial charge in [-0.1, -0.05) is 24.3 Å². The smallest absolute Gasteiger partial charge is 0.240 e. The molecule has 0 radical (unpaired) electrons. The number of hydrogen-bond acceptors (Lipinski definition) is 5. The first-order valence-corrected chi connectivity index (χ1v) is 11.5. The minimum atomic E-state index is -3.29. The van der Waals surface area contributed by atoms with E-state index in [4.69, 9.17) is 4.74 Å². The molecule has 0 spiro atoms. The predicted molar refractivity (Wildman–Crippen MR) is 112 cm³/mol. The SMILES string of the molecule is CCOc1cccc([C@@H](C)NC(=O)Cn2c(CS(C)(=O)=O)nc3ccccc32)c1. The number of rotatable bonds is 8. The van der Waals surface area contributed by atoms with Crippen LogP contribution in [0.4, 0.5) is 0 Å². The average molecular weight is 416 g/mol. The molecule has 3 aromatic rings. The van der Waals surface area contributed by atoms with E-state index in [1.165, 1.54) is 0 Å². The first kappa shape index (κ1) is 20.9. The quantitative estimate of drug-likeness (QED) is 0.611. The number of hydrogen-bond donors (Lipinski definition) is 1. The number of carbonyl (C=O) groups is 1. The van der Waals surface area contributed by atoms with Gasteiger partial charge in [0.25, 0.3) is 0 Å². The van der Waals surface area contributed by atoms with Gasteiger partial charge in [-0.05, 0) is 43.7 Å². The molecule has 3 rings (SSSR count).